The molecule has 1 aromatic carbocycles. The third kappa shape index (κ3) is 1.25. The highest BCUT2D eigenvalue weighted by Gasteiger charge is 2.20. The minimum atomic E-state index is -0.970. The Morgan fingerprint density at radius 2 is 2.29 bits per heavy atom. The highest BCUT2D eigenvalue weighted by atomic mass is 35.5. The zero-order chi connectivity index (χ0) is 10.3. The van der Waals surface area contributed by atoms with Crippen LogP contribution in [0.1, 0.15) is 0 Å². The second kappa shape index (κ2) is 3.18. The fourth-order valence-electron chi connectivity index (χ4n) is 1.17. The van der Waals surface area contributed by atoms with Crippen molar-refractivity contribution in [3.05, 3.63) is 38.5 Å². The third-order valence-electron chi connectivity index (χ3n) is 1.81. The van der Waals surface area contributed by atoms with Crippen molar-refractivity contribution in [2.75, 3.05) is 0 Å². The Kier molecular flexibility index (Phi) is 2.13. The maximum absolute atomic E-state index is 13.3. The van der Waals surface area contributed by atoms with Crippen molar-refractivity contribution >= 4 is 38.7 Å². The molecule has 0 unspecified atom stereocenters. The van der Waals surface area contributed by atoms with Gasteiger partial charge in [-0.05, 0) is 11.4 Å². The van der Waals surface area contributed by atoms with Crippen molar-refractivity contribution < 1.29 is 9.31 Å². The summed E-state index contributed by atoms with van der Waals surface area (Å²) in [5.41, 5.74) is -0.579. The van der Waals surface area contributed by atoms with Gasteiger partial charge in [-0.25, -0.2) is 0 Å². The first kappa shape index (κ1) is 9.36. The number of halogens is 2. The van der Waals surface area contributed by atoms with Crippen molar-refractivity contribution in [2.24, 2.45) is 0 Å². The summed E-state index contributed by atoms with van der Waals surface area (Å²) in [6.45, 7) is 0. The minimum Gasteiger partial charge on any atom is -0.258 e. The quantitative estimate of drug-likeness (QED) is 0.556. The van der Waals surface area contributed by atoms with E-state index in [1.165, 1.54) is 17.4 Å². The minimum absolute atomic E-state index is 0.185. The molecular weight excluding hydrogens is 229 g/mol. The van der Waals surface area contributed by atoms with Gasteiger partial charge in [0.1, 0.15) is 0 Å². The van der Waals surface area contributed by atoms with Crippen LogP contribution in [0.25, 0.3) is 10.1 Å². The number of fused-ring (bicyclic) bond motifs is 1. The third-order valence-corrected chi connectivity index (χ3v) is 3.05. The summed E-state index contributed by atoms with van der Waals surface area (Å²) >= 11 is 6.93. The van der Waals surface area contributed by atoms with E-state index < -0.39 is 16.4 Å². The number of nitrogens with zero attached hydrogens (tertiary/aromatic N) is 1. The monoisotopic (exact) mass is 231 g/mol. The molecule has 2 aromatic rings. The predicted octanol–water partition coefficient (Wildman–Crippen LogP) is 3.60. The number of hydrogen-bond acceptors (Lipinski definition) is 3. The molecule has 0 aliphatic heterocycles. The molecule has 72 valence electrons. The van der Waals surface area contributed by atoms with Crippen LogP contribution in [0.4, 0.5) is 10.1 Å². The molecule has 3 nitrogen and oxygen atoms in total. The molecule has 0 saturated heterocycles. The van der Waals surface area contributed by atoms with E-state index in [2.05, 4.69) is 0 Å². The largest absolute Gasteiger partial charge is 0.307 e. The molecule has 2 rings (SSSR count). The Labute approximate surface area is 86.9 Å². The van der Waals surface area contributed by atoms with Crippen LogP contribution in [0.3, 0.4) is 0 Å². The first-order chi connectivity index (χ1) is 6.61. The summed E-state index contributed by atoms with van der Waals surface area (Å²) in [5.74, 6) is -0.970. The van der Waals surface area contributed by atoms with Gasteiger partial charge in [0.15, 0.2) is 0 Å². The second-order valence-corrected chi connectivity index (χ2v) is 3.94. The predicted molar refractivity (Wildman–Crippen MR) is 53.4 cm³/mol. The molecule has 0 spiro atoms. The van der Waals surface area contributed by atoms with Crippen LogP contribution in [0.15, 0.2) is 17.5 Å². The Balaban J connectivity index is 2.87. The Hall–Kier alpha value is -1.20. The van der Waals surface area contributed by atoms with E-state index in [9.17, 15) is 14.5 Å². The van der Waals surface area contributed by atoms with Gasteiger partial charge >= 0.3 is 5.69 Å². The fourth-order valence-corrected chi connectivity index (χ4v) is 2.31. The molecule has 6 heteroatoms. The van der Waals surface area contributed by atoms with Gasteiger partial charge in [0.05, 0.1) is 9.95 Å². The molecule has 0 amide bonds. The van der Waals surface area contributed by atoms with E-state index in [-0.39, 0.29) is 5.02 Å². The molecule has 0 bridgehead atoms. The van der Waals surface area contributed by atoms with Gasteiger partial charge in [0, 0.05) is 16.2 Å². The summed E-state index contributed by atoms with van der Waals surface area (Å²) in [6, 6.07) is 2.83. The molecule has 0 fully saturated rings. The normalized spacial score (nSPS) is 10.7. The first-order valence-electron chi connectivity index (χ1n) is 3.61. The fraction of sp³-hybridized carbons (Fsp3) is 0. The van der Waals surface area contributed by atoms with Crippen molar-refractivity contribution in [1.82, 2.24) is 0 Å². The van der Waals surface area contributed by atoms with Crippen molar-refractivity contribution in [1.29, 1.82) is 0 Å². The number of thiophene rings is 1. The maximum atomic E-state index is 13.3. The summed E-state index contributed by atoms with van der Waals surface area (Å²) in [4.78, 5) is 9.67. The van der Waals surface area contributed by atoms with Crippen LogP contribution in [-0.2, 0) is 0 Å². The summed E-state index contributed by atoms with van der Waals surface area (Å²) in [5, 5.41) is 12.5. The van der Waals surface area contributed by atoms with Gasteiger partial charge in [-0.3, -0.25) is 10.1 Å². The van der Waals surface area contributed by atoms with Crippen LogP contribution in [-0.4, -0.2) is 4.92 Å². The van der Waals surface area contributed by atoms with Gasteiger partial charge in [-0.15, -0.1) is 11.3 Å². The molecule has 1 heterocycles. The van der Waals surface area contributed by atoms with Gasteiger partial charge in [-0.2, -0.15) is 4.39 Å². The summed E-state index contributed by atoms with van der Waals surface area (Å²) < 4.78 is 13.9. The Morgan fingerprint density at radius 3 is 2.93 bits per heavy atom. The van der Waals surface area contributed by atoms with Crippen LogP contribution in [0.2, 0.25) is 5.02 Å². The number of hydrogen-bond donors (Lipinski definition) is 0. The lowest BCUT2D eigenvalue weighted by atomic mass is 10.2. The summed E-state index contributed by atoms with van der Waals surface area (Å²) in [6.07, 6.45) is 0. The van der Waals surface area contributed by atoms with Gasteiger partial charge in [0.25, 0.3) is 0 Å². The zero-order valence-electron chi connectivity index (χ0n) is 6.66. The van der Waals surface area contributed by atoms with E-state index in [1.807, 2.05) is 0 Å². The van der Waals surface area contributed by atoms with E-state index in [4.69, 9.17) is 11.6 Å². The molecule has 0 aliphatic carbocycles. The average Bonchev–Trinajstić information content (AvgIpc) is 2.58. The van der Waals surface area contributed by atoms with Crippen molar-refractivity contribution in [3.8, 4) is 0 Å². The van der Waals surface area contributed by atoms with Crippen LogP contribution in [0.5, 0.6) is 0 Å². The lowest BCUT2D eigenvalue weighted by molar-refractivity contribution is -0.387. The standard InChI is InChI=1S/C8H3ClFNO2S/c9-7-4-1-2-14-6(4)3-5(8(7)10)11(12)13/h1-3H. The van der Waals surface area contributed by atoms with Gasteiger partial charge < -0.3 is 0 Å². The first-order valence-corrected chi connectivity index (χ1v) is 4.86. The SMILES string of the molecule is O=[N+]([O-])c1cc2sccc2c(Cl)c1F. The molecule has 0 saturated carbocycles. The van der Waals surface area contributed by atoms with Crippen LogP contribution >= 0.6 is 22.9 Å². The van der Waals surface area contributed by atoms with Crippen LogP contribution < -0.4 is 0 Å². The van der Waals surface area contributed by atoms with E-state index >= 15 is 0 Å². The molecule has 14 heavy (non-hydrogen) atoms. The highest BCUT2D eigenvalue weighted by Crippen LogP contribution is 2.35. The number of nitro groups is 1. The number of nitro benzene ring substituents is 1. The van der Waals surface area contributed by atoms with Gasteiger partial charge in [0.2, 0.25) is 5.82 Å². The lowest BCUT2D eigenvalue weighted by Gasteiger charge is -1.97. The van der Waals surface area contributed by atoms with E-state index in [1.54, 1.807) is 11.4 Å². The maximum Gasteiger partial charge on any atom is 0.307 e. The smallest absolute Gasteiger partial charge is 0.258 e. The molecule has 0 aliphatic rings. The van der Waals surface area contributed by atoms with Crippen molar-refractivity contribution in [3.63, 3.8) is 0 Å². The molecule has 0 N–H and O–H groups in total. The Morgan fingerprint density at radius 1 is 1.57 bits per heavy atom. The zero-order valence-corrected chi connectivity index (χ0v) is 8.23. The Bertz CT molecular complexity index is 525. The molecule has 1 aromatic heterocycles. The van der Waals surface area contributed by atoms with E-state index in [0.29, 0.717) is 10.1 Å². The van der Waals surface area contributed by atoms with Crippen LogP contribution in [0, 0.1) is 15.9 Å². The highest BCUT2D eigenvalue weighted by molar-refractivity contribution is 7.17. The average molecular weight is 232 g/mol. The van der Waals surface area contributed by atoms with E-state index in [0.717, 1.165) is 0 Å². The topological polar surface area (TPSA) is 43.1 Å². The summed E-state index contributed by atoms with van der Waals surface area (Å²) in [7, 11) is 0. The molecule has 0 atom stereocenters. The molecule has 0 radical (unpaired) electrons. The van der Waals surface area contributed by atoms with Crippen molar-refractivity contribution in [2.45, 2.75) is 0 Å². The second-order valence-electron chi connectivity index (χ2n) is 2.61. The number of benzene rings is 1. The number of rotatable bonds is 1. The molecular formula is C8H3ClFNO2S. The van der Waals surface area contributed by atoms with Gasteiger partial charge in [-0.1, -0.05) is 11.6 Å². The lowest BCUT2D eigenvalue weighted by Crippen LogP contribution is -1.92.